The lowest BCUT2D eigenvalue weighted by molar-refractivity contribution is -0.0328. The molecule has 2 rings (SSSR count). The van der Waals surface area contributed by atoms with Crippen molar-refractivity contribution in [2.75, 3.05) is 0 Å². The highest BCUT2D eigenvalue weighted by molar-refractivity contribution is 8.00. The molecule has 0 aliphatic heterocycles. The summed E-state index contributed by atoms with van der Waals surface area (Å²) in [7, 11) is 0. The van der Waals surface area contributed by atoms with Crippen LogP contribution in [-0.2, 0) is 0 Å². The van der Waals surface area contributed by atoms with E-state index in [4.69, 9.17) is 23.2 Å². The van der Waals surface area contributed by atoms with Crippen LogP contribution in [0.15, 0.2) is 47.4 Å². The minimum Gasteiger partial charge on any atom is -0.384 e. The Morgan fingerprint density at radius 1 is 0.905 bits per heavy atom. The molecule has 0 aromatic heterocycles. The predicted molar refractivity (Wildman–Crippen MR) is 78.9 cm³/mol. The second-order valence-corrected chi connectivity index (χ2v) is 6.15. The zero-order valence-electron chi connectivity index (χ0n) is 10.4. The SMILES string of the molecule is OC(c1ccc(SC(F)(F)F)cc1)c1ccc(Cl)c(Cl)c1. The number of rotatable bonds is 3. The van der Waals surface area contributed by atoms with E-state index in [1.165, 1.54) is 30.3 Å². The Labute approximate surface area is 133 Å². The molecule has 1 nitrogen and oxygen atoms in total. The quantitative estimate of drug-likeness (QED) is 0.716. The Balaban J connectivity index is 2.19. The summed E-state index contributed by atoms with van der Waals surface area (Å²) in [6.07, 6.45) is -0.982. The van der Waals surface area contributed by atoms with Gasteiger partial charge in [-0.15, -0.1) is 0 Å². The van der Waals surface area contributed by atoms with E-state index in [0.29, 0.717) is 21.2 Å². The van der Waals surface area contributed by atoms with Crippen LogP contribution in [0.3, 0.4) is 0 Å². The standard InChI is InChI=1S/C14H9Cl2F3OS/c15-11-6-3-9(7-12(11)16)13(20)8-1-4-10(5-2-8)21-14(17,18)19/h1-7,13,20H. The number of alkyl halides is 3. The smallest absolute Gasteiger partial charge is 0.384 e. The van der Waals surface area contributed by atoms with Crippen molar-refractivity contribution in [3.63, 3.8) is 0 Å². The van der Waals surface area contributed by atoms with Gasteiger partial charge in [0.1, 0.15) is 6.10 Å². The molecule has 0 saturated carbocycles. The molecule has 0 bridgehead atoms. The average molecular weight is 353 g/mol. The van der Waals surface area contributed by atoms with Crippen LogP contribution in [-0.4, -0.2) is 10.6 Å². The fraction of sp³-hybridized carbons (Fsp3) is 0.143. The van der Waals surface area contributed by atoms with E-state index in [1.807, 2.05) is 0 Å². The predicted octanol–water partition coefficient (Wildman–Crippen LogP) is 5.69. The molecule has 0 amide bonds. The summed E-state index contributed by atoms with van der Waals surface area (Å²) < 4.78 is 36.7. The lowest BCUT2D eigenvalue weighted by Crippen LogP contribution is -2.01. The molecule has 1 atom stereocenters. The largest absolute Gasteiger partial charge is 0.446 e. The molecule has 0 spiro atoms. The van der Waals surface area contributed by atoms with Gasteiger partial charge in [0.15, 0.2) is 0 Å². The monoisotopic (exact) mass is 352 g/mol. The number of thioether (sulfide) groups is 1. The molecule has 0 heterocycles. The lowest BCUT2D eigenvalue weighted by atomic mass is 10.0. The summed E-state index contributed by atoms with van der Waals surface area (Å²) in [4.78, 5) is 0.0626. The van der Waals surface area contributed by atoms with Crippen LogP contribution in [0.1, 0.15) is 17.2 Å². The second-order valence-electron chi connectivity index (χ2n) is 4.19. The summed E-state index contributed by atoms with van der Waals surface area (Å²) >= 11 is 11.5. The van der Waals surface area contributed by atoms with Crippen LogP contribution in [0.25, 0.3) is 0 Å². The summed E-state index contributed by atoms with van der Waals surface area (Å²) in [5.41, 5.74) is -3.34. The Hall–Kier alpha value is -0.880. The first kappa shape index (κ1) is 16.5. The maximum absolute atomic E-state index is 12.2. The van der Waals surface area contributed by atoms with E-state index in [1.54, 1.807) is 12.1 Å². The van der Waals surface area contributed by atoms with E-state index in [9.17, 15) is 18.3 Å². The first-order valence-corrected chi connectivity index (χ1v) is 7.32. The number of aliphatic hydroxyl groups is 1. The molecule has 1 unspecified atom stereocenters. The number of halogens is 5. The van der Waals surface area contributed by atoms with Crippen molar-refractivity contribution in [1.82, 2.24) is 0 Å². The van der Waals surface area contributed by atoms with Crippen LogP contribution in [0, 0.1) is 0 Å². The molecule has 0 saturated heterocycles. The van der Waals surface area contributed by atoms with Gasteiger partial charge in [-0.2, -0.15) is 13.2 Å². The van der Waals surface area contributed by atoms with Gasteiger partial charge in [0.05, 0.1) is 10.0 Å². The zero-order valence-corrected chi connectivity index (χ0v) is 12.7. The van der Waals surface area contributed by atoms with Crippen molar-refractivity contribution < 1.29 is 18.3 Å². The molecule has 0 aliphatic carbocycles. The topological polar surface area (TPSA) is 20.2 Å². The minimum atomic E-state index is -4.33. The Bertz CT molecular complexity index is 629. The van der Waals surface area contributed by atoms with Gasteiger partial charge in [0, 0.05) is 4.90 Å². The maximum Gasteiger partial charge on any atom is 0.446 e. The van der Waals surface area contributed by atoms with Crippen LogP contribution in [0.2, 0.25) is 10.0 Å². The molecule has 7 heteroatoms. The molecule has 0 aliphatic rings. The number of hydrogen-bond acceptors (Lipinski definition) is 2. The van der Waals surface area contributed by atoms with Crippen LogP contribution < -0.4 is 0 Å². The summed E-state index contributed by atoms with van der Waals surface area (Å²) in [6.45, 7) is 0. The van der Waals surface area contributed by atoms with Crippen LogP contribution in [0.5, 0.6) is 0 Å². The molecule has 2 aromatic rings. The van der Waals surface area contributed by atoms with Gasteiger partial charge in [-0.25, -0.2) is 0 Å². The van der Waals surface area contributed by atoms with E-state index < -0.39 is 11.6 Å². The van der Waals surface area contributed by atoms with E-state index in [0.717, 1.165) is 0 Å². The number of aliphatic hydroxyl groups excluding tert-OH is 1. The van der Waals surface area contributed by atoms with Gasteiger partial charge >= 0.3 is 5.51 Å². The molecule has 0 radical (unpaired) electrons. The lowest BCUT2D eigenvalue weighted by Gasteiger charge is -2.13. The highest BCUT2D eigenvalue weighted by atomic mass is 35.5. The maximum atomic E-state index is 12.2. The molecular formula is C14H9Cl2F3OS. The Morgan fingerprint density at radius 2 is 1.48 bits per heavy atom. The van der Waals surface area contributed by atoms with Crippen LogP contribution >= 0.6 is 35.0 Å². The normalized spacial score (nSPS) is 13.2. The van der Waals surface area contributed by atoms with Crippen molar-refractivity contribution in [2.45, 2.75) is 16.5 Å². The second kappa shape index (κ2) is 6.48. The zero-order chi connectivity index (χ0) is 15.6. The van der Waals surface area contributed by atoms with E-state index in [-0.39, 0.29) is 16.7 Å². The molecule has 1 N–H and O–H groups in total. The first-order chi connectivity index (χ1) is 9.76. The molecule has 112 valence electrons. The first-order valence-electron chi connectivity index (χ1n) is 5.75. The summed E-state index contributed by atoms with van der Waals surface area (Å²) in [5.74, 6) is 0. The Morgan fingerprint density at radius 3 is 2.00 bits per heavy atom. The third-order valence-corrected chi connectivity index (χ3v) is 4.17. The van der Waals surface area contributed by atoms with Crippen molar-refractivity contribution >= 4 is 35.0 Å². The van der Waals surface area contributed by atoms with Gasteiger partial charge in [-0.3, -0.25) is 0 Å². The van der Waals surface area contributed by atoms with Crippen molar-refractivity contribution in [2.24, 2.45) is 0 Å². The van der Waals surface area contributed by atoms with Crippen molar-refractivity contribution in [3.05, 3.63) is 63.6 Å². The molecular weight excluding hydrogens is 344 g/mol. The molecule has 2 aromatic carbocycles. The molecule has 0 fully saturated rings. The highest BCUT2D eigenvalue weighted by Gasteiger charge is 2.29. The number of benzene rings is 2. The van der Waals surface area contributed by atoms with Crippen molar-refractivity contribution in [1.29, 1.82) is 0 Å². The third kappa shape index (κ3) is 4.54. The molecule has 21 heavy (non-hydrogen) atoms. The van der Waals surface area contributed by atoms with E-state index in [2.05, 4.69) is 0 Å². The van der Waals surface area contributed by atoms with Crippen molar-refractivity contribution in [3.8, 4) is 0 Å². The fourth-order valence-corrected chi connectivity index (χ4v) is 2.57. The minimum absolute atomic E-state index is 0.0626. The van der Waals surface area contributed by atoms with Gasteiger partial charge < -0.3 is 5.11 Å². The average Bonchev–Trinajstić information content (AvgIpc) is 2.40. The van der Waals surface area contributed by atoms with Crippen LogP contribution in [0.4, 0.5) is 13.2 Å². The van der Waals surface area contributed by atoms with Gasteiger partial charge in [0.2, 0.25) is 0 Å². The van der Waals surface area contributed by atoms with Gasteiger partial charge in [-0.1, -0.05) is 41.4 Å². The number of hydrogen-bond donors (Lipinski definition) is 1. The van der Waals surface area contributed by atoms with E-state index >= 15 is 0 Å². The van der Waals surface area contributed by atoms with Gasteiger partial charge in [-0.05, 0) is 47.2 Å². The highest BCUT2D eigenvalue weighted by Crippen LogP contribution is 2.37. The fourth-order valence-electron chi connectivity index (χ4n) is 1.73. The summed E-state index contributed by atoms with van der Waals surface area (Å²) in [5, 5.41) is 10.9. The summed E-state index contributed by atoms with van der Waals surface area (Å²) in [6, 6.07) is 10.2. The Kier molecular flexibility index (Phi) is 5.09. The van der Waals surface area contributed by atoms with Gasteiger partial charge in [0.25, 0.3) is 0 Å². The third-order valence-electron chi connectivity index (χ3n) is 2.69.